The van der Waals surface area contributed by atoms with Crippen molar-refractivity contribution in [3.05, 3.63) is 16.6 Å². The number of likely N-dealkylation sites (tertiary alicyclic amines) is 1. The summed E-state index contributed by atoms with van der Waals surface area (Å²) >= 11 is 1.25. The summed E-state index contributed by atoms with van der Waals surface area (Å²) in [5.41, 5.74) is 1.81. The predicted molar refractivity (Wildman–Crippen MR) is 49.0 cm³/mol. The molecule has 0 bridgehead atoms. The number of aliphatic carboxylic acids is 1. The Balaban J connectivity index is 2.13. The first-order valence-corrected chi connectivity index (χ1v) is 5.17. The normalized spacial score (nSPS) is 22.0. The van der Waals surface area contributed by atoms with Crippen LogP contribution in [-0.2, 0) is 4.79 Å². The number of carbonyl (C=O) groups is 1. The standard InChI is InChI=1S/C8H8F2N2O2S/c9-8(10)2-12(3-8)6(7(13)14)5-1-15-4-11-5/h1,4,6H,2-3H2,(H,13,14). The lowest BCUT2D eigenvalue weighted by Crippen LogP contribution is -2.58. The first kappa shape index (κ1) is 10.4. The highest BCUT2D eigenvalue weighted by Gasteiger charge is 2.49. The molecule has 4 nitrogen and oxygen atoms in total. The highest BCUT2D eigenvalue weighted by atomic mass is 32.1. The molecule has 15 heavy (non-hydrogen) atoms. The molecule has 2 heterocycles. The van der Waals surface area contributed by atoms with E-state index in [-0.39, 0.29) is 0 Å². The van der Waals surface area contributed by atoms with Crippen LogP contribution in [0.5, 0.6) is 0 Å². The number of hydrogen-bond donors (Lipinski definition) is 1. The minimum Gasteiger partial charge on any atom is -0.480 e. The van der Waals surface area contributed by atoms with Crippen molar-refractivity contribution in [1.82, 2.24) is 9.88 Å². The zero-order chi connectivity index (χ0) is 11.1. The molecule has 0 aromatic carbocycles. The lowest BCUT2D eigenvalue weighted by molar-refractivity contribution is -0.169. The maximum absolute atomic E-state index is 12.6. The molecule has 2 rings (SSSR count). The van der Waals surface area contributed by atoms with E-state index in [1.165, 1.54) is 21.7 Å². The molecule has 82 valence electrons. The van der Waals surface area contributed by atoms with Crippen LogP contribution in [0.25, 0.3) is 0 Å². The molecule has 1 aromatic heterocycles. The fourth-order valence-electron chi connectivity index (χ4n) is 1.56. The average molecular weight is 234 g/mol. The summed E-state index contributed by atoms with van der Waals surface area (Å²) in [6.45, 7) is -1.02. The Morgan fingerprint density at radius 3 is 2.73 bits per heavy atom. The quantitative estimate of drug-likeness (QED) is 0.854. The van der Waals surface area contributed by atoms with Gasteiger partial charge in [0.25, 0.3) is 5.92 Å². The monoisotopic (exact) mass is 234 g/mol. The summed E-state index contributed by atoms with van der Waals surface area (Å²) in [4.78, 5) is 16.0. The topological polar surface area (TPSA) is 53.4 Å². The molecule has 1 unspecified atom stereocenters. The van der Waals surface area contributed by atoms with E-state index in [4.69, 9.17) is 5.11 Å². The van der Waals surface area contributed by atoms with Crippen LogP contribution in [-0.4, -0.2) is 40.0 Å². The van der Waals surface area contributed by atoms with Crippen LogP contribution >= 0.6 is 11.3 Å². The van der Waals surface area contributed by atoms with Gasteiger partial charge in [-0.15, -0.1) is 11.3 Å². The van der Waals surface area contributed by atoms with Gasteiger partial charge in [-0.3, -0.25) is 9.69 Å². The first-order chi connectivity index (χ1) is 6.99. The highest BCUT2D eigenvalue weighted by Crippen LogP contribution is 2.34. The van der Waals surface area contributed by atoms with E-state index in [9.17, 15) is 13.6 Å². The Morgan fingerprint density at radius 2 is 2.33 bits per heavy atom. The summed E-state index contributed by atoms with van der Waals surface area (Å²) in [5.74, 6) is -3.90. The zero-order valence-corrected chi connectivity index (χ0v) is 8.38. The molecule has 0 radical (unpaired) electrons. The second-order valence-corrected chi connectivity index (χ2v) is 4.13. The van der Waals surface area contributed by atoms with E-state index in [2.05, 4.69) is 4.98 Å². The molecular formula is C8H8F2N2O2S. The van der Waals surface area contributed by atoms with Gasteiger partial charge in [0, 0.05) is 5.38 Å². The Hall–Kier alpha value is -1.08. The summed E-state index contributed by atoms with van der Waals surface area (Å²) in [6, 6.07) is -1.05. The molecule has 0 saturated carbocycles. The molecule has 0 spiro atoms. The van der Waals surface area contributed by atoms with Gasteiger partial charge in [0.05, 0.1) is 24.3 Å². The maximum atomic E-state index is 12.6. The lowest BCUT2D eigenvalue weighted by atomic mass is 10.1. The van der Waals surface area contributed by atoms with Crippen molar-refractivity contribution >= 4 is 17.3 Å². The largest absolute Gasteiger partial charge is 0.480 e. The number of halogens is 2. The van der Waals surface area contributed by atoms with E-state index < -0.39 is 31.0 Å². The van der Waals surface area contributed by atoms with Gasteiger partial charge in [-0.05, 0) is 0 Å². The van der Waals surface area contributed by atoms with Crippen molar-refractivity contribution in [3.8, 4) is 0 Å². The molecule has 1 saturated heterocycles. The van der Waals surface area contributed by atoms with Crippen molar-refractivity contribution in [2.45, 2.75) is 12.0 Å². The fraction of sp³-hybridized carbons (Fsp3) is 0.500. The average Bonchev–Trinajstić information content (AvgIpc) is 2.53. The van der Waals surface area contributed by atoms with Crippen molar-refractivity contribution < 1.29 is 18.7 Å². The minimum absolute atomic E-state index is 0.322. The van der Waals surface area contributed by atoms with E-state index >= 15 is 0 Å². The van der Waals surface area contributed by atoms with Gasteiger partial charge in [0.15, 0.2) is 6.04 Å². The minimum atomic E-state index is -2.76. The second-order valence-electron chi connectivity index (χ2n) is 3.42. The number of rotatable bonds is 3. The fourth-order valence-corrected chi connectivity index (χ4v) is 2.13. The van der Waals surface area contributed by atoms with Gasteiger partial charge < -0.3 is 5.11 Å². The van der Waals surface area contributed by atoms with Gasteiger partial charge in [0.2, 0.25) is 0 Å². The van der Waals surface area contributed by atoms with Gasteiger partial charge in [-0.1, -0.05) is 0 Å². The van der Waals surface area contributed by atoms with Crippen molar-refractivity contribution in [2.24, 2.45) is 0 Å². The summed E-state index contributed by atoms with van der Waals surface area (Å²) < 4.78 is 25.2. The third-order valence-electron chi connectivity index (χ3n) is 2.20. The highest BCUT2D eigenvalue weighted by molar-refractivity contribution is 7.07. The van der Waals surface area contributed by atoms with E-state index in [1.807, 2.05) is 0 Å². The van der Waals surface area contributed by atoms with Crippen molar-refractivity contribution in [2.75, 3.05) is 13.1 Å². The van der Waals surface area contributed by atoms with Crippen LogP contribution in [0.4, 0.5) is 8.78 Å². The molecule has 1 aliphatic heterocycles. The number of nitrogens with zero attached hydrogens (tertiary/aromatic N) is 2. The molecule has 0 aliphatic carbocycles. The molecule has 1 N–H and O–H groups in total. The van der Waals surface area contributed by atoms with Crippen LogP contribution in [0, 0.1) is 0 Å². The number of aromatic nitrogens is 1. The second kappa shape index (κ2) is 3.49. The van der Waals surface area contributed by atoms with E-state index in [0.29, 0.717) is 5.69 Å². The van der Waals surface area contributed by atoms with Gasteiger partial charge >= 0.3 is 5.97 Å². The summed E-state index contributed by atoms with van der Waals surface area (Å²) in [6.07, 6.45) is 0. The summed E-state index contributed by atoms with van der Waals surface area (Å²) in [5, 5.41) is 10.5. The van der Waals surface area contributed by atoms with Crippen molar-refractivity contribution in [1.29, 1.82) is 0 Å². The SMILES string of the molecule is O=C(O)C(c1cscn1)N1CC(F)(F)C1. The number of carboxylic acids is 1. The number of carboxylic acid groups (broad SMARTS) is 1. The maximum Gasteiger partial charge on any atom is 0.327 e. The molecule has 1 atom stereocenters. The van der Waals surface area contributed by atoms with Gasteiger partial charge in [0.1, 0.15) is 0 Å². The lowest BCUT2D eigenvalue weighted by Gasteiger charge is -2.41. The van der Waals surface area contributed by atoms with E-state index in [1.54, 1.807) is 5.38 Å². The molecular weight excluding hydrogens is 226 g/mol. The number of alkyl halides is 2. The first-order valence-electron chi connectivity index (χ1n) is 4.22. The van der Waals surface area contributed by atoms with E-state index in [0.717, 1.165) is 0 Å². The Kier molecular flexibility index (Phi) is 2.43. The Labute approximate surface area is 88.2 Å². The number of hydrogen-bond acceptors (Lipinski definition) is 4. The van der Waals surface area contributed by atoms with Crippen LogP contribution in [0.15, 0.2) is 10.9 Å². The third-order valence-corrected chi connectivity index (χ3v) is 2.80. The van der Waals surface area contributed by atoms with Gasteiger partial charge in [-0.2, -0.15) is 0 Å². The Bertz CT molecular complexity index is 361. The zero-order valence-electron chi connectivity index (χ0n) is 7.56. The van der Waals surface area contributed by atoms with Gasteiger partial charge in [-0.25, -0.2) is 13.8 Å². The smallest absolute Gasteiger partial charge is 0.327 e. The molecule has 1 aliphatic rings. The summed E-state index contributed by atoms with van der Waals surface area (Å²) in [7, 11) is 0. The molecule has 1 fully saturated rings. The van der Waals surface area contributed by atoms with Crippen LogP contribution < -0.4 is 0 Å². The number of thiazole rings is 1. The van der Waals surface area contributed by atoms with Crippen LogP contribution in [0.1, 0.15) is 11.7 Å². The molecule has 1 aromatic rings. The Morgan fingerprint density at radius 1 is 1.67 bits per heavy atom. The molecule has 0 amide bonds. The van der Waals surface area contributed by atoms with Crippen LogP contribution in [0.2, 0.25) is 0 Å². The predicted octanol–water partition coefficient (Wildman–Crippen LogP) is 1.22. The van der Waals surface area contributed by atoms with Crippen molar-refractivity contribution in [3.63, 3.8) is 0 Å². The third kappa shape index (κ3) is 1.98. The molecule has 7 heteroatoms. The van der Waals surface area contributed by atoms with Crippen LogP contribution in [0.3, 0.4) is 0 Å².